The first-order chi connectivity index (χ1) is 11.8. The average Bonchev–Trinajstić information content (AvgIpc) is 2.64. The van der Waals surface area contributed by atoms with E-state index in [2.05, 4.69) is 83.9 Å². The van der Waals surface area contributed by atoms with Crippen molar-refractivity contribution in [1.29, 1.82) is 0 Å². The van der Waals surface area contributed by atoms with Crippen LogP contribution >= 0.6 is 0 Å². The van der Waals surface area contributed by atoms with Gasteiger partial charge in [-0.2, -0.15) is 5.10 Å². The maximum absolute atomic E-state index is 4.34. The lowest BCUT2D eigenvalue weighted by Gasteiger charge is -2.20. The Morgan fingerprint density at radius 1 is 0.875 bits per heavy atom. The molecule has 0 fully saturated rings. The Balaban J connectivity index is 1.66. The van der Waals surface area contributed by atoms with E-state index in [4.69, 9.17) is 0 Å². The number of anilines is 2. The Kier molecular flexibility index (Phi) is 5.12. The van der Waals surface area contributed by atoms with Crippen LogP contribution in [0.1, 0.15) is 19.4 Å². The SMILES string of the molecule is CCN(CC)c1ccc(/C=N\Nc2ccc3ccccc3c2)cc1. The van der Waals surface area contributed by atoms with Crippen LogP contribution in [0.2, 0.25) is 0 Å². The van der Waals surface area contributed by atoms with Gasteiger partial charge in [-0.1, -0.05) is 42.5 Å². The third kappa shape index (κ3) is 3.74. The first kappa shape index (κ1) is 16.1. The summed E-state index contributed by atoms with van der Waals surface area (Å²) >= 11 is 0. The van der Waals surface area contributed by atoms with Gasteiger partial charge in [0.25, 0.3) is 0 Å². The molecule has 0 heterocycles. The molecule has 0 aliphatic heterocycles. The van der Waals surface area contributed by atoms with Crippen LogP contribution in [0.25, 0.3) is 10.8 Å². The molecule has 122 valence electrons. The molecule has 0 atom stereocenters. The molecule has 1 N–H and O–H groups in total. The molecule has 0 aromatic heterocycles. The van der Waals surface area contributed by atoms with Gasteiger partial charge < -0.3 is 4.90 Å². The monoisotopic (exact) mass is 317 g/mol. The number of nitrogens with one attached hydrogen (secondary N) is 1. The summed E-state index contributed by atoms with van der Waals surface area (Å²) in [5.74, 6) is 0. The summed E-state index contributed by atoms with van der Waals surface area (Å²) in [6, 6.07) is 23.1. The fraction of sp³-hybridized carbons (Fsp3) is 0.190. The van der Waals surface area contributed by atoms with Gasteiger partial charge in [-0.25, -0.2) is 0 Å². The predicted octanol–water partition coefficient (Wildman–Crippen LogP) is 5.13. The molecule has 3 aromatic carbocycles. The minimum absolute atomic E-state index is 0.990. The van der Waals surface area contributed by atoms with Crippen LogP contribution in [0.3, 0.4) is 0 Å². The van der Waals surface area contributed by atoms with Crippen LogP contribution in [0.5, 0.6) is 0 Å². The van der Waals surface area contributed by atoms with Gasteiger partial charge in [-0.05, 0) is 54.4 Å². The maximum Gasteiger partial charge on any atom is 0.0568 e. The van der Waals surface area contributed by atoms with Gasteiger partial charge in [-0.3, -0.25) is 5.43 Å². The van der Waals surface area contributed by atoms with Crippen LogP contribution in [0.15, 0.2) is 71.8 Å². The summed E-state index contributed by atoms with van der Waals surface area (Å²) in [6.45, 7) is 6.39. The third-order valence-corrected chi connectivity index (χ3v) is 4.18. The van der Waals surface area contributed by atoms with Crippen LogP contribution in [0.4, 0.5) is 11.4 Å². The molecule has 0 aliphatic rings. The van der Waals surface area contributed by atoms with Gasteiger partial charge >= 0.3 is 0 Å². The average molecular weight is 317 g/mol. The highest BCUT2D eigenvalue weighted by Crippen LogP contribution is 2.19. The Bertz CT molecular complexity index is 818. The van der Waals surface area contributed by atoms with Gasteiger partial charge in [0.2, 0.25) is 0 Å². The zero-order valence-electron chi connectivity index (χ0n) is 14.2. The standard InChI is InChI=1S/C21H23N3/c1-3-24(4-2)21-13-9-17(10-14-21)16-22-23-20-12-11-18-7-5-6-8-19(18)15-20/h5-16,23H,3-4H2,1-2H3/b22-16-. The first-order valence-corrected chi connectivity index (χ1v) is 8.43. The Morgan fingerprint density at radius 3 is 2.29 bits per heavy atom. The molecule has 0 aliphatic carbocycles. The molecule has 0 saturated carbocycles. The molecule has 0 amide bonds. The summed E-state index contributed by atoms with van der Waals surface area (Å²) in [5.41, 5.74) is 6.43. The number of hydrogen-bond donors (Lipinski definition) is 1. The van der Waals surface area contributed by atoms with Gasteiger partial charge in [0.05, 0.1) is 11.9 Å². The highest BCUT2D eigenvalue weighted by molar-refractivity contribution is 5.86. The fourth-order valence-electron chi connectivity index (χ4n) is 2.80. The smallest absolute Gasteiger partial charge is 0.0568 e. The van der Waals surface area contributed by atoms with E-state index in [0.29, 0.717) is 0 Å². The van der Waals surface area contributed by atoms with Crippen molar-refractivity contribution in [2.75, 3.05) is 23.4 Å². The van der Waals surface area contributed by atoms with Gasteiger partial charge in [0, 0.05) is 18.8 Å². The summed E-state index contributed by atoms with van der Waals surface area (Å²) < 4.78 is 0. The van der Waals surface area contributed by atoms with Crippen molar-refractivity contribution in [3.8, 4) is 0 Å². The quantitative estimate of drug-likeness (QED) is 0.504. The predicted molar refractivity (Wildman–Crippen MR) is 105 cm³/mol. The molecular formula is C21H23N3. The van der Waals surface area contributed by atoms with Crippen LogP contribution in [-0.2, 0) is 0 Å². The molecule has 0 radical (unpaired) electrons. The highest BCUT2D eigenvalue weighted by Gasteiger charge is 2.00. The van der Waals surface area contributed by atoms with E-state index in [1.807, 2.05) is 18.3 Å². The number of hydrogen-bond acceptors (Lipinski definition) is 3. The molecule has 3 aromatic rings. The number of fused-ring (bicyclic) bond motifs is 1. The fourth-order valence-corrected chi connectivity index (χ4v) is 2.80. The highest BCUT2D eigenvalue weighted by atomic mass is 15.3. The second kappa shape index (κ2) is 7.64. The molecule has 3 rings (SSSR count). The zero-order valence-corrected chi connectivity index (χ0v) is 14.2. The summed E-state index contributed by atoms with van der Waals surface area (Å²) in [5, 5.41) is 6.79. The van der Waals surface area contributed by atoms with E-state index in [9.17, 15) is 0 Å². The zero-order chi connectivity index (χ0) is 16.8. The maximum atomic E-state index is 4.34. The lowest BCUT2D eigenvalue weighted by molar-refractivity contribution is 0.866. The minimum atomic E-state index is 0.990. The third-order valence-electron chi connectivity index (χ3n) is 4.18. The van der Waals surface area contributed by atoms with Gasteiger partial charge in [0.15, 0.2) is 0 Å². The van der Waals surface area contributed by atoms with Crippen molar-refractivity contribution >= 4 is 28.4 Å². The largest absolute Gasteiger partial charge is 0.372 e. The summed E-state index contributed by atoms with van der Waals surface area (Å²) in [6.07, 6.45) is 1.85. The Labute approximate surface area is 143 Å². The molecule has 24 heavy (non-hydrogen) atoms. The number of benzene rings is 3. The van der Waals surface area contributed by atoms with Crippen molar-refractivity contribution in [2.24, 2.45) is 5.10 Å². The molecule has 0 saturated heterocycles. The topological polar surface area (TPSA) is 27.6 Å². The minimum Gasteiger partial charge on any atom is -0.372 e. The molecule has 0 bridgehead atoms. The van der Waals surface area contributed by atoms with Crippen molar-refractivity contribution in [2.45, 2.75) is 13.8 Å². The van der Waals surface area contributed by atoms with E-state index in [1.165, 1.54) is 16.5 Å². The second-order valence-corrected chi connectivity index (χ2v) is 5.70. The van der Waals surface area contributed by atoms with E-state index in [1.54, 1.807) is 0 Å². The summed E-state index contributed by atoms with van der Waals surface area (Å²) in [7, 11) is 0. The van der Waals surface area contributed by atoms with Gasteiger partial charge in [-0.15, -0.1) is 0 Å². The molecule has 0 spiro atoms. The number of nitrogens with zero attached hydrogens (tertiary/aromatic N) is 2. The van der Waals surface area contributed by atoms with Crippen molar-refractivity contribution in [3.63, 3.8) is 0 Å². The Morgan fingerprint density at radius 2 is 1.58 bits per heavy atom. The number of hydrazone groups is 1. The van der Waals surface area contributed by atoms with Crippen LogP contribution in [0, 0.1) is 0 Å². The van der Waals surface area contributed by atoms with E-state index < -0.39 is 0 Å². The van der Waals surface area contributed by atoms with E-state index in [0.717, 1.165) is 24.3 Å². The molecule has 3 heteroatoms. The van der Waals surface area contributed by atoms with Crippen molar-refractivity contribution < 1.29 is 0 Å². The second-order valence-electron chi connectivity index (χ2n) is 5.70. The van der Waals surface area contributed by atoms with Crippen LogP contribution in [-0.4, -0.2) is 19.3 Å². The van der Waals surface area contributed by atoms with Crippen molar-refractivity contribution in [3.05, 3.63) is 72.3 Å². The summed E-state index contributed by atoms with van der Waals surface area (Å²) in [4.78, 5) is 2.33. The number of rotatable bonds is 6. The molecule has 0 unspecified atom stereocenters. The lowest BCUT2D eigenvalue weighted by Crippen LogP contribution is -2.21. The van der Waals surface area contributed by atoms with E-state index in [-0.39, 0.29) is 0 Å². The van der Waals surface area contributed by atoms with Crippen LogP contribution < -0.4 is 10.3 Å². The van der Waals surface area contributed by atoms with E-state index >= 15 is 0 Å². The lowest BCUT2D eigenvalue weighted by atomic mass is 10.1. The molecular weight excluding hydrogens is 294 g/mol. The normalized spacial score (nSPS) is 11.1. The molecule has 3 nitrogen and oxygen atoms in total. The van der Waals surface area contributed by atoms with Crippen molar-refractivity contribution in [1.82, 2.24) is 0 Å². The Hall–Kier alpha value is -2.81. The first-order valence-electron chi connectivity index (χ1n) is 8.43. The van der Waals surface area contributed by atoms with Gasteiger partial charge in [0.1, 0.15) is 0 Å².